The van der Waals surface area contributed by atoms with E-state index in [4.69, 9.17) is 0 Å². The average Bonchev–Trinajstić information content (AvgIpc) is 2.87. The van der Waals surface area contributed by atoms with Gasteiger partial charge in [-0.25, -0.2) is 0 Å². The van der Waals surface area contributed by atoms with E-state index in [9.17, 15) is 14.4 Å². The number of nitrogens with zero attached hydrogens (tertiary/aromatic N) is 2. The van der Waals surface area contributed by atoms with Gasteiger partial charge in [0.25, 0.3) is 11.8 Å². The van der Waals surface area contributed by atoms with E-state index in [1.165, 1.54) is 4.90 Å². The summed E-state index contributed by atoms with van der Waals surface area (Å²) in [6.45, 7) is 2.81. The Hall–Kier alpha value is -2.47. The molecule has 2 aromatic rings. The van der Waals surface area contributed by atoms with Gasteiger partial charge in [0.2, 0.25) is 5.91 Å². The molecule has 0 radical (unpaired) electrons. The van der Waals surface area contributed by atoms with Crippen molar-refractivity contribution in [3.05, 3.63) is 69.2 Å². The number of rotatable bonds is 6. The lowest BCUT2D eigenvalue weighted by Crippen LogP contribution is -2.32. The summed E-state index contributed by atoms with van der Waals surface area (Å²) in [6, 6.07) is 13.0. The zero-order valence-electron chi connectivity index (χ0n) is 15.4. The molecule has 6 heteroatoms. The van der Waals surface area contributed by atoms with Crippen LogP contribution in [0.1, 0.15) is 44.7 Å². The van der Waals surface area contributed by atoms with Crippen LogP contribution in [0.5, 0.6) is 0 Å². The highest BCUT2D eigenvalue weighted by Crippen LogP contribution is 2.26. The molecule has 0 spiro atoms. The minimum Gasteiger partial charge on any atom is -0.341 e. The lowest BCUT2D eigenvalue weighted by molar-refractivity contribution is -0.130. The molecule has 0 aliphatic carbocycles. The zero-order chi connectivity index (χ0) is 19.6. The lowest BCUT2D eigenvalue weighted by Gasteiger charge is -2.19. The quantitative estimate of drug-likeness (QED) is 0.657. The molecule has 3 rings (SSSR count). The molecule has 0 N–H and O–H groups in total. The number of amides is 3. The van der Waals surface area contributed by atoms with Gasteiger partial charge in [0, 0.05) is 31.0 Å². The smallest absolute Gasteiger partial charge is 0.261 e. The Balaban J connectivity index is 1.54. The number of imide groups is 1. The van der Waals surface area contributed by atoms with Crippen molar-refractivity contribution in [3.8, 4) is 0 Å². The van der Waals surface area contributed by atoms with Crippen LogP contribution in [0.2, 0.25) is 0 Å². The van der Waals surface area contributed by atoms with Crippen LogP contribution in [0.3, 0.4) is 0 Å². The number of aryl methyl sites for hydroxylation is 1. The van der Waals surface area contributed by atoms with Gasteiger partial charge in [-0.15, -0.1) is 0 Å². The maximum Gasteiger partial charge on any atom is 0.261 e. The van der Waals surface area contributed by atoms with E-state index in [2.05, 4.69) is 15.9 Å². The summed E-state index contributed by atoms with van der Waals surface area (Å²) < 4.78 is 0.761. The summed E-state index contributed by atoms with van der Waals surface area (Å²) in [4.78, 5) is 40.1. The monoisotopic (exact) mass is 428 g/mol. The van der Waals surface area contributed by atoms with Crippen molar-refractivity contribution in [1.82, 2.24) is 9.80 Å². The summed E-state index contributed by atoms with van der Waals surface area (Å²) in [6.07, 6.45) is 0.739. The zero-order valence-corrected chi connectivity index (χ0v) is 17.0. The average molecular weight is 429 g/mol. The molecular formula is C21H21BrN2O3. The molecule has 3 amide bonds. The molecule has 0 fully saturated rings. The molecule has 5 nitrogen and oxygen atoms in total. The number of carbonyl (C=O) groups is 3. The first kappa shape index (κ1) is 19.3. The number of hydrogen-bond donors (Lipinski definition) is 0. The largest absolute Gasteiger partial charge is 0.341 e. The number of hydrogen-bond acceptors (Lipinski definition) is 3. The first-order valence-electron chi connectivity index (χ1n) is 8.82. The molecule has 1 aliphatic rings. The normalized spacial score (nSPS) is 13.1. The van der Waals surface area contributed by atoms with Gasteiger partial charge >= 0.3 is 0 Å². The molecule has 0 unspecified atom stereocenters. The molecule has 0 aromatic heterocycles. The summed E-state index contributed by atoms with van der Waals surface area (Å²) in [5.41, 5.74) is 3.09. The van der Waals surface area contributed by atoms with E-state index < -0.39 is 0 Å². The van der Waals surface area contributed by atoms with Crippen LogP contribution in [-0.2, 0) is 11.3 Å². The topological polar surface area (TPSA) is 57.7 Å². The van der Waals surface area contributed by atoms with Gasteiger partial charge in [0.15, 0.2) is 0 Å². The Bertz CT molecular complexity index is 910. The summed E-state index contributed by atoms with van der Waals surface area (Å²) in [7, 11) is 1.77. The van der Waals surface area contributed by atoms with Crippen LogP contribution < -0.4 is 0 Å². The van der Waals surface area contributed by atoms with Gasteiger partial charge < -0.3 is 4.90 Å². The van der Waals surface area contributed by atoms with Gasteiger partial charge in [-0.1, -0.05) is 40.2 Å². The third kappa shape index (κ3) is 4.11. The second-order valence-corrected chi connectivity index (χ2v) is 7.65. The predicted octanol–water partition coefficient (Wildman–Crippen LogP) is 3.79. The molecule has 140 valence electrons. The number of benzene rings is 2. The molecule has 1 heterocycles. The number of carbonyl (C=O) groups excluding carboxylic acids is 3. The Morgan fingerprint density at radius 1 is 1.07 bits per heavy atom. The maximum atomic E-state index is 12.4. The molecule has 27 heavy (non-hydrogen) atoms. The van der Waals surface area contributed by atoms with Crippen molar-refractivity contribution in [3.63, 3.8) is 0 Å². The van der Waals surface area contributed by atoms with Crippen LogP contribution in [0.25, 0.3) is 0 Å². The van der Waals surface area contributed by atoms with E-state index in [1.807, 2.05) is 31.2 Å². The van der Waals surface area contributed by atoms with E-state index in [1.54, 1.807) is 30.1 Å². The molecule has 2 aromatic carbocycles. The molecule has 0 atom stereocenters. The first-order valence-corrected chi connectivity index (χ1v) is 9.62. The molecule has 0 saturated heterocycles. The molecule has 1 aliphatic heterocycles. The van der Waals surface area contributed by atoms with Crippen molar-refractivity contribution < 1.29 is 14.4 Å². The van der Waals surface area contributed by atoms with E-state index in [0.717, 1.165) is 15.6 Å². The van der Waals surface area contributed by atoms with Crippen molar-refractivity contribution in [2.45, 2.75) is 26.3 Å². The fourth-order valence-corrected chi connectivity index (χ4v) is 3.54. The highest BCUT2D eigenvalue weighted by atomic mass is 79.9. The second-order valence-electron chi connectivity index (χ2n) is 6.73. The minimum absolute atomic E-state index is 0.00222. The molecule has 0 saturated carbocycles. The fraction of sp³-hybridized carbons (Fsp3) is 0.286. The van der Waals surface area contributed by atoms with E-state index in [-0.39, 0.29) is 24.3 Å². The van der Waals surface area contributed by atoms with Crippen LogP contribution in [0, 0.1) is 6.92 Å². The van der Waals surface area contributed by atoms with E-state index >= 15 is 0 Å². The fourth-order valence-electron chi connectivity index (χ4n) is 3.18. The summed E-state index contributed by atoms with van der Waals surface area (Å²) in [5, 5.41) is 0. The van der Waals surface area contributed by atoms with Crippen LogP contribution >= 0.6 is 15.9 Å². The minimum atomic E-state index is -0.294. The lowest BCUT2D eigenvalue weighted by atomic mass is 10.1. The Labute approximate surface area is 167 Å². The predicted molar refractivity (Wildman–Crippen MR) is 106 cm³/mol. The van der Waals surface area contributed by atoms with Gasteiger partial charge in [0.05, 0.1) is 11.1 Å². The Morgan fingerprint density at radius 2 is 1.78 bits per heavy atom. The SMILES string of the molecule is Cc1ccccc1CN(C)C(=O)CCCN1C(=O)c2ccc(Br)cc2C1=O. The summed E-state index contributed by atoms with van der Waals surface area (Å²) >= 11 is 3.32. The Morgan fingerprint density at radius 3 is 2.52 bits per heavy atom. The van der Waals surface area contributed by atoms with Crippen molar-refractivity contribution in [2.24, 2.45) is 0 Å². The maximum absolute atomic E-state index is 12.4. The van der Waals surface area contributed by atoms with Crippen molar-refractivity contribution in [1.29, 1.82) is 0 Å². The van der Waals surface area contributed by atoms with Crippen LogP contribution in [0.15, 0.2) is 46.9 Å². The van der Waals surface area contributed by atoms with Crippen LogP contribution in [-0.4, -0.2) is 41.1 Å². The van der Waals surface area contributed by atoms with Gasteiger partial charge in [-0.3, -0.25) is 19.3 Å². The standard InChI is InChI=1S/C21H21BrN2O3/c1-14-6-3-4-7-15(14)13-23(2)19(25)8-5-11-24-20(26)17-10-9-16(22)12-18(17)21(24)27/h3-4,6-7,9-10,12H,5,8,11,13H2,1-2H3. The second kappa shape index (κ2) is 8.05. The molecule has 0 bridgehead atoms. The third-order valence-electron chi connectivity index (χ3n) is 4.80. The van der Waals surface area contributed by atoms with Gasteiger partial charge in [-0.05, 0) is 42.7 Å². The highest BCUT2D eigenvalue weighted by molar-refractivity contribution is 9.10. The van der Waals surface area contributed by atoms with Crippen LogP contribution in [0.4, 0.5) is 0 Å². The number of fused-ring (bicyclic) bond motifs is 1. The molecular weight excluding hydrogens is 408 g/mol. The third-order valence-corrected chi connectivity index (χ3v) is 5.29. The van der Waals surface area contributed by atoms with Gasteiger partial charge in [-0.2, -0.15) is 0 Å². The van der Waals surface area contributed by atoms with Crippen molar-refractivity contribution >= 4 is 33.7 Å². The summed E-state index contributed by atoms with van der Waals surface area (Å²) in [5.74, 6) is -0.585. The first-order chi connectivity index (χ1) is 12.9. The highest BCUT2D eigenvalue weighted by Gasteiger charge is 2.35. The van der Waals surface area contributed by atoms with E-state index in [0.29, 0.717) is 30.5 Å². The Kier molecular flexibility index (Phi) is 5.75. The number of halogens is 1. The van der Waals surface area contributed by atoms with Gasteiger partial charge in [0.1, 0.15) is 0 Å². The van der Waals surface area contributed by atoms with Crippen molar-refractivity contribution in [2.75, 3.05) is 13.6 Å².